The largest absolute Gasteiger partial charge is 0.312 e. The molecule has 0 radical (unpaired) electrons. The molecule has 0 bridgehead atoms. The molecule has 2 N–H and O–H groups in total. The zero-order valence-corrected chi connectivity index (χ0v) is 13.4. The average molecular weight is 337 g/mol. The molecule has 23 heavy (non-hydrogen) atoms. The number of fused-ring (bicyclic) bond motifs is 2. The van der Waals surface area contributed by atoms with Crippen molar-refractivity contribution in [3.63, 3.8) is 0 Å². The number of aromatic nitrogens is 2. The number of hydrogen-bond donors (Lipinski definition) is 2. The van der Waals surface area contributed by atoms with Crippen molar-refractivity contribution in [2.45, 2.75) is 25.8 Å². The van der Waals surface area contributed by atoms with Crippen LogP contribution in [0, 0.1) is 5.82 Å². The Hall–Kier alpha value is -1.92. The van der Waals surface area contributed by atoms with E-state index in [2.05, 4.69) is 15.5 Å². The van der Waals surface area contributed by atoms with Crippen molar-refractivity contribution in [3.05, 3.63) is 46.5 Å². The molecule has 0 fully saturated rings. The molecule has 2 aliphatic heterocycles. The van der Waals surface area contributed by atoms with Crippen LogP contribution in [0.2, 0.25) is 0 Å². The molecule has 0 saturated heterocycles. The number of anilines is 1. The van der Waals surface area contributed by atoms with Gasteiger partial charge in [-0.3, -0.25) is 9.89 Å². The number of hydrogen-bond acceptors (Lipinski definition) is 3. The Bertz CT molecular complexity index is 746. The number of aromatic amines is 1. The summed E-state index contributed by atoms with van der Waals surface area (Å²) in [5.74, 6) is -0.358. The van der Waals surface area contributed by atoms with Gasteiger partial charge < -0.3 is 10.2 Å². The van der Waals surface area contributed by atoms with Gasteiger partial charge in [0.25, 0.3) is 5.91 Å². The molecule has 122 valence electrons. The van der Waals surface area contributed by atoms with Gasteiger partial charge in [0, 0.05) is 43.0 Å². The lowest BCUT2D eigenvalue weighted by Crippen LogP contribution is -2.37. The Morgan fingerprint density at radius 2 is 2.17 bits per heavy atom. The van der Waals surface area contributed by atoms with Gasteiger partial charge in [-0.25, -0.2) is 4.39 Å². The van der Waals surface area contributed by atoms with Gasteiger partial charge >= 0.3 is 0 Å². The Morgan fingerprint density at radius 3 is 3.04 bits per heavy atom. The van der Waals surface area contributed by atoms with Crippen molar-refractivity contribution in [2.75, 3.05) is 18.0 Å². The van der Waals surface area contributed by atoms with E-state index in [0.717, 1.165) is 48.3 Å². The van der Waals surface area contributed by atoms with Crippen LogP contribution in [0.1, 0.15) is 33.7 Å². The summed E-state index contributed by atoms with van der Waals surface area (Å²) in [6.45, 7) is 2.21. The molecule has 0 atom stereocenters. The summed E-state index contributed by atoms with van der Waals surface area (Å²) in [6, 6.07) is 4.63. The first kappa shape index (κ1) is 16.0. The molecule has 1 aromatic heterocycles. The minimum atomic E-state index is -0.255. The third-order valence-corrected chi connectivity index (χ3v) is 4.41. The highest BCUT2D eigenvalue weighted by Crippen LogP contribution is 2.29. The topological polar surface area (TPSA) is 61.0 Å². The number of H-pyrrole nitrogens is 1. The molecular weight excluding hydrogens is 319 g/mol. The lowest BCUT2D eigenvalue weighted by atomic mass is 10.00. The smallest absolute Gasteiger partial charge is 0.279 e. The number of aryl methyl sites for hydroxylation is 1. The lowest BCUT2D eigenvalue weighted by molar-refractivity contribution is 0.0979. The first-order valence-corrected chi connectivity index (χ1v) is 7.61. The van der Waals surface area contributed by atoms with E-state index in [1.165, 1.54) is 12.1 Å². The van der Waals surface area contributed by atoms with Crippen molar-refractivity contribution in [2.24, 2.45) is 0 Å². The fourth-order valence-electron chi connectivity index (χ4n) is 3.31. The zero-order chi connectivity index (χ0) is 15.1. The maximum atomic E-state index is 13.4. The number of amides is 1. The second kappa shape index (κ2) is 6.29. The monoisotopic (exact) mass is 336 g/mol. The maximum Gasteiger partial charge on any atom is 0.279 e. The van der Waals surface area contributed by atoms with E-state index in [-0.39, 0.29) is 24.1 Å². The second-order valence-electron chi connectivity index (χ2n) is 5.79. The van der Waals surface area contributed by atoms with Crippen LogP contribution in [0.4, 0.5) is 10.1 Å². The molecular formula is C16H18ClFN4O. The highest BCUT2D eigenvalue weighted by atomic mass is 35.5. The summed E-state index contributed by atoms with van der Waals surface area (Å²) in [7, 11) is 0. The van der Waals surface area contributed by atoms with Gasteiger partial charge in [-0.1, -0.05) is 0 Å². The number of benzene rings is 1. The van der Waals surface area contributed by atoms with Crippen LogP contribution in [0.15, 0.2) is 18.2 Å². The van der Waals surface area contributed by atoms with Crippen molar-refractivity contribution in [1.82, 2.24) is 15.5 Å². The van der Waals surface area contributed by atoms with Crippen molar-refractivity contribution < 1.29 is 9.18 Å². The van der Waals surface area contributed by atoms with Crippen molar-refractivity contribution in [3.8, 4) is 0 Å². The van der Waals surface area contributed by atoms with Crippen LogP contribution in [-0.4, -0.2) is 29.2 Å². The van der Waals surface area contributed by atoms with Crippen LogP contribution < -0.4 is 10.2 Å². The number of rotatable bonds is 1. The molecule has 7 heteroatoms. The van der Waals surface area contributed by atoms with E-state index in [9.17, 15) is 9.18 Å². The minimum Gasteiger partial charge on any atom is -0.312 e. The minimum absolute atomic E-state index is 0. The Balaban J connectivity index is 0.00000156. The Labute approximate surface area is 139 Å². The predicted octanol–water partition coefficient (Wildman–Crippen LogP) is 2.21. The fourth-order valence-corrected chi connectivity index (χ4v) is 3.31. The van der Waals surface area contributed by atoms with Crippen LogP contribution in [-0.2, 0) is 19.4 Å². The molecule has 1 amide bonds. The predicted molar refractivity (Wildman–Crippen MR) is 87.6 cm³/mol. The molecule has 0 unspecified atom stereocenters. The number of carbonyl (C=O) groups excluding carboxylic acids is 1. The van der Waals surface area contributed by atoms with Gasteiger partial charge in [-0.05, 0) is 36.6 Å². The van der Waals surface area contributed by atoms with Gasteiger partial charge in [0.05, 0.1) is 0 Å². The molecule has 5 nitrogen and oxygen atoms in total. The van der Waals surface area contributed by atoms with E-state index >= 15 is 0 Å². The Morgan fingerprint density at radius 1 is 1.30 bits per heavy atom. The second-order valence-corrected chi connectivity index (χ2v) is 5.79. The molecule has 1 aromatic carbocycles. The number of nitrogens with zero attached hydrogens (tertiary/aromatic N) is 2. The van der Waals surface area contributed by atoms with Gasteiger partial charge in [0.1, 0.15) is 5.82 Å². The van der Waals surface area contributed by atoms with Gasteiger partial charge in [-0.2, -0.15) is 5.10 Å². The third-order valence-electron chi connectivity index (χ3n) is 4.41. The molecule has 2 aliphatic rings. The summed E-state index contributed by atoms with van der Waals surface area (Å²) < 4.78 is 13.4. The van der Waals surface area contributed by atoms with Gasteiger partial charge in [0.15, 0.2) is 5.69 Å². The summed E-state index contributed by atoms with van der Waals surface area (Å²) in [5, 5.41) is 10.5. The first-order valence-electron chi connectivity index (χ1n) is 7.61. The normalized spacial score (nSPS) is 16.3. The van der Waals surface area contributed by atoms with Crippen LogP contribution in [0.3, 0.4) is 0 Å². The van der Waals surface area contributed by atoms with E-state index in [4.69, 9.17) is 0 Å². The molecule has 0 spiro atoms. The van der Waals surface area contributed by atoms with Crippen molar-refractivity contribution >= 4 is 24.0 Å². The zero-order valence-electron chi connectivity index (χ0n) is 12.6. The van der Waals surface area contributed by atoms with Crippen molar-refractivity contribution in [1.29, 1.82) is 0 Å². The number of nitrogens with one attached hydrogen (secondary N) is 2. The fraction of sp³-hybridized carbons (Fsp3) is 0.375. The summed E-state index contributed by atoms with van der Waals surface area (Å²) in [6.07, 6.45) is 2.50. The molecule has 0 saturated carbocycles. The standard InChI is InChI=1S/C16H17FN4O.ClH/c17-11-3-4-14-10(8-11)2-1-7-21(14)16(22)15-12-9-18-6-5-13(12)19-20-15;/h3-4,8,18H,1-2,5-7,9H2,(H,19,20);1H. The summed E-state index contributed by atoms with van der Waals surface area (Å²) in [5.41, 5.74) is 4.18. The Kier molecular flexibility index (Phi) is 4.37. The van der Waals surface area contributed by atoms with E-state index in [0.29, 0.717) is 18.8 Å². The van der Waals surface area contributed by atoms with E-state index in [1.807, 2.05) is 0 Å². The number of halogens is 2. The number of carbonyl (C=O) groups is 1. The van der Waals surface area contributed by atoms with Gasteiger partial charge in [0.2, 0.25) is 0 Å². The lowest BCUT2D eigenvalue weighted by Gasteiger charge is -2.29. The molecule has 2 aromatic rings. The molecule has 3 heterocycles. The SMILES string of the molecule is Cl.O=C(c1n[nH]c2c1CNCC2)N1CCCc2cc(F)ccc21. The van der Waals surface area contributed by atoms with E-state index < -0.39 is 0 Å². The third kappa shape index (κ3) is 2.72. The summed E-state index contributed by atoms with van der Waals surface area (Å²) >= 11 is 0. The van der Waals surface area contributed by atoms with Crippen LogP contribution >= 0.6 is 12.4 Å². The quantitative estimate of drug-likeness (QED) is 0.839. The van der Waals surface area contributed by atoms with Gasteiger partial charge in [-0.15, -0.1) is 12.4 Å². The van der Waals surface area contributed by atoms with Crippen LogP contribution in [0.5, 0.6) is 0 Å². The van der Waals surface area contributed by atoms with Crippen LogP contribution in [0.25, 0.3) is 0 Å². The molecule has 4 rings (SSSR count). The highest BCUT2D eigenvalue weighted by molar-refractivity contribution is 6.06. The first-order chi connectivity index (χ1) is 10.7. The highest BCUT2D eigenvalue weighted by Gasteiger charge is 2.29. The maximum absolute atomic E-state index is 13.4. The average Bonchev–Trinajstić information content (AvgIpc) is 2.97. The molecule has 0 aliphatic carbocycles. The summed E-state index contributed by atoms with van der Waals surface area (Å²) in [4.78, 5) is 14.6. The van der Waals surface area contributed by atoms with E-state index in [1.54, 1.807) is 11.0 Å².